The summed E-state index contributed by atoms with van der Waals surface area (Å²) in [7, 11) is 0. The summed E-state index contributed by atoms with van der Waals surface area (Å²) in [5.74, 6) is -0.401. The van der Waals surface area contributed by atoms with E-state index < -0.39 is 0 Å². The largest absolute Gasteiger partial charge is 0.395 e. The van der Waals surface area contributed by atoms with E-state index in [2.05, 4.69) is 15.5 Å². The van der Waals surface area contributed by atoms with E-state index in [0.29, 0.717) is 23.8 Å². The SMILES string of the molecule is CC(NC(=O)c1ccccc1NC(=O)CN(CCO)C1CCCCC1)c1ccccc1. The highest BCUT2D eigenvalue weighted by atomic mass is 16.3. The predicted molar refractivity (Wildman–Crippen MR) is 123 cm³/mol. The van der Waals surface area contributed by atoms with Crippen molar-refractivity contribution in [2.24, 2.45) is 0 Å². The third kappa shape index (κ3) is 6.64. The highest BCUT2D eigenvalue weighted by Crippen LogP contribution is 2.23. The fourth-order valence-electron chi connectivity index (χ4n) is 4.23. The molecule has 2 aromatic carbocycles. The number of para-hydroxylation sites is 1. The lowest BCUT2D eigenvalue weighted by Crippen LogP contribution is -2.43. The van der Waals surface area contributed by atoms with Crippen LogP contribution in [-0.2, 0) is 4.79 Å². The number of aliphatic hydroxyl groups excluding tert-OH is 1. The fourth-order valence-corrected chi connectivity index (χ4v) is 4.23. The summed E-state index contributed by atoms with van der Waals surface area (Å²) < 4.78 is 0. The van der Waals surface area contributed by atoms with Crippen LogP contribution in [0.5, 0.6) is 0 Å². The van der Waals surface area contributed by atoms with Gasteiger partial charge in [-0.05, 0) is 37.5 Å². The molecule has 0 heterocycles. The van der Waals surface area contributed by atoms with E-state index in [1.165, 1.54) is 6.42 Å². The van der Waals surface area contributed by atoms with Gasteiger partial charge in [-0.25, -0.2) is 0 Å². The van der Waals surface area contributed by atoms with Crippen molar-refractivity contribution in [1.82, 2.24) is 10.2 Å². The molecule has 6 nitrogen and oxygen atoms in total. The van der Waals surface area contributed by atoms with E-state index >= 15 is 0 Å². The number of hydrogen-bond acceptors (Lipinski definition) is 4. The second-order valence-electron chi connectivity index (χ2n) is 8.19. The molecular formula is C25H33N3O3. The molecule has 1 aliphatic carbocycles. The maximum Gasteiger partial charge on any atom is 0.253 e. The summed E-state index contributed by atoms with van der Waals surface area (Å²) >= 11 is 0. The Kier molecular flexibility index (Phi) is 8.62. The van der Waals surface area contributed by atoms with Crippen LogP contribution in [0.3, 0.4) is 0 Å². The Morgan fingerprint density at radius 2 is 1.71 bits per heavy atom. The summed E-state index contributed by atoms with van der Waals surface area (Å²) in [5, 5.41) is 15.4. The highest BCUT2D eigenvalue weighted by Gasteiger charge is 2.23. The first-order valence-corrected chi connectivity index (χ1v) is 11.2. The molecule has 1 atom stereocenters. The van der Waals surface area contributed by atoms with Crippen LogP contribution in [0.15, 0.2) is 54.6 Å². The van der Waals surface area contributed by atoms with Gasteiger partial charge in [-0.2, -0.15) is 0 Å². The van der Waals surface area contributed by atoms with Crippen molar-refractivity contribution in [3.8, 4) is 0 Å². The number of carbonyl (C=O) groups is 2. The molecule has 0 spiro atoms. The van der Waals surface area contributed by atoms with E-state index in [-0.39, 0.29) is 31.0 Å². The molecule has 6 heteroatoms. The molecule has 3 rings (SSSR count). The van der Waals surface area contributed by atoms with Gasteiger partial charge < -0.3 is 15.7 Å². The van der Waals surface area contributed by atoms with Gasteiger partial charge in [-0.1, -0.05) is 61.7 Å². The second-order valence-corrected chi connectivity index (χ2v) is 8.19. The van der Waals surface area contributed by atoms with Crippen LogP contribution >= 0.6 is 0 Å². The monoisotopic (exact) mass is 423 g/mol. The lowest BCUT2D eigenvalue weighted by atomic mass is 9.94. The van der Waals surface area contributed by atoms with Crippen molar-refractivity contribution in [1.29, 1.82) is 0 Å². The Hall–Kier alpha value is -2.70. The third-order valence-electron chi connectivity index (χ3n) is 5.92. The number of nitrogens with zero attached hydrogens (tertiary/aromatic N) is 1. The minimum atomic E-state index is -0.230. The third-order valence-corrected chi connectivity index (χ3v) is 5.92. The number of hydrogen-bond donors (Lipinski definition) is 3. The van der Waals surface area contributed by atoms with E-state index in [1.807, 2.05) is 37.3 Å². The molecule has 1 aliphatic rings. The normalized spacial score (nSPS) is 15.5. The maximum absolute atomic E-state index is 12.9. The van der Waals surface area contributed by atoms with Gasteiger partial charge in [0.2, 0.25) is 5.91 Å². The average Bonchev–Trinajstić information content (AvgIpc) is 2.80. The standard InChI is InChI=1S/C25H33N3O3/c1-19(20-10-4-2-5-11-20)26-25(31)22-14-8-9-15-23(22)27-24(30)18-28(16-17-29)21-12-6-3-7-13-21/h2,4-5,8-11,14-15,19,21,29H,3,6-7,12-13,16-18H2,1H3,(H,26,31)(H,27,30). The molecular weight excluding hydrogens is 390 g/mol. The van der Waals surface area contributed by atoms with Gasteiger partial charge in [0.25, 0.3) is 5.91 Å². The Bertz CT molecular complexity index is 850. The van der Waals surface area contributed by atoms with Crippen LogP contribution in [0.2, 0.25) is 0 Å². The topological polar surface area (TPSA) is 81.7 Å². The van der Waals surface area contributed by atoms with E-state index in [9.17, 15) is 14.7 Å². The van der Waals surface area contributed by atoms with Gasteiger partial charge in [0, 0.05) is 12.6 Å². The number of amides is 2. The van der Waals surface area contributed by atoms with Crippen molar-refractivity contribution in [3.63, 3.8) is 0 Å². The molecule has 1 unspecified atom stereocenters. The Morgan fingerprint density at radius 3 is 2.42 bits per heavy atom. The van der Waals surface area contributed by atoms with Gasteiger partial charge in [-0.3, -0.25) is 14.5 Å². The number of aliphatic hydroxyl groups is 1. The Morgan fingerprint density at radius 1 is 1.03 bits per heavy atom. The van der Waals surface area contributed by atoms with Crippen molar-refractivity contribution >= 4 is 17.5 Å². The molecule has 166 valence electrons. The van der Waals surface area contributed by atoms with E-state index in [1.54, 1.807) is 24.3 Å². The highest BCUT2D eigenvalue weighted by molar-refractivity contribution is 6.04. The summed E-state index contributed by atoms with van der Waals surface area (Å²) in [6.07, 6.45) is 5.68. The number of benzene rings is 2. The molecule has 0 aromatic heterocycles. The molecule has 0 saturated heterocycles. The van der Waals surface area contributed by atoms with Crippen molar-refractivity contribution in [2.45, 2.75) is 51.1 Å². The minimum absolute atomic E-state index is 0.0279. The maximum atomic E-state index is 12.9. The van der Waals surface area contributed by atoms with Crippen molar-refractivity contribution < 1.29 is 14.7 Å². The van der Waals surface area contributed by atoms with Crippen molar-refractivity contribution in [3.05, 3.63) is 65.7 Å². The lowest BCUT2D eigenvalue weighted by molar-refractivity contribution is -0.118. The minimum Gasteiger partial charge on any atom is -0.395 e. The quantitative estimate of drug-likeness (QED) is 0.574. The van der Waals surface area contributed by atoms with Crippen LogP contribution in [0, 0.1) is 0 Å². The summed E-state index contributed by atoms with van der Waals surface area (Å²) in [5.41, 5.74) is 1.95. The van der Waals surface area contributed by atoms with Crippen LogP contribution in [0.1, 0.15) is 61.0 Å². The molecule has 3 N–H and O–H groups in total. The first-order valence-electron chi connectivity index (χ1n) is 11.2. The van der Waals surface area contributed by atoms with Gasteiger partial charge in [0.15, 0.2) is 0 Å². The Balaban J connectivity index is 1.65. The average molecular weight is 424 g/mol. The van der Waals surface area contributed by atoms with Gasteiger partial charge in [0.05, 0.1) is 30.4 Å². The van der Waals surface area contributed by atoms with Crippen molar-refractivity contribution in [2.75, 3.05) is 25.0 Å². The van der Waals surface area contributed by atoms with Gasteiger partial charge >= 0.3 is 0 Å². The predicted octanol–water partition coefficient (Wildman–Crippen LogP) is 3.74. The zero-order valence-electron chi connectivity index (χ0n) is 18.2. The second kappa shape index (κ2) is 11.6. The van der Waals surface area contributed by atoms with E-state index in [4.69, 9.17) is 0 Å². The van der Waals surface area contributed by atoms with Gasteiger partial charge in [-0.15, -0.1) is 0 Å². The lowest BCUT2D eigenvalue weighted by Gasteiger charge is -2.33. The molecule has 1 fully saturated rings. The van der Waals surface area contributed by atoms with Crippen LogP contribution in [0.25, 0.3) is 0 Å². The zero-order valence-corrected chi connectivity index (χ0v) is 18.2. The van der Waals surface area contributed by atoms with Crippen LogP contribution in [-0.4, -0.2) is 47.6 Å². The number of carbonyl (C=O) groups excluding carboxylic acids is 2. The smallest absolute Gasteiger partial charge is 0.253 e. The number of nitrogens with one attached hydrogen (secondary N) is 2. The first kappa shape index (κ1) is 23.0. The molecule has 0 bridgehead atoms. The molecule has 2 amide bonds. The van der Waals surface area contributed by atoms with Gasteiger partial charge in [0.1, 0.15) is 0 Å². The molecule has 2 aromatic rings. The molecule has 31 heavy (non-hydrogen) atoms. The molecule has 1 saturated carbocycles. The molecule has 0 aliphatic heterocycles. The zero-order chi connectivity index (χ0) is 22.1. The van der Waals surface area contributed by atoms with Crippen LogP contribution in [0.4, 0.5) is 5.69 Å². The number of anilines is 1. The molecule has 0 radical (unpaired) electrons. The first-order chi connectivity index (χ1) is 15.1. The summed E-state index contributed by atoms with van der Waals surface area (Å²) in [4.78, 5) is 27.8. The summed E-state index contributed by atoms with van der Waals surface area (Å²) in [6, 6.07) is 17.0. The summed E-state index contributed by atoms with van der Waals surface area (Å²) in [6.45, 7) is 2.65. The number of rotatable bonds is 9. The fraction of sp³-hybridized carbons (Fsp3) is 0.440. The van der Waals surface area contributed by atoms with Crippen LogP contribution < -0.4 is 10.6 Å². The van der Waals surface area contributed by atoms with E-state index in [0.717, 1.165) is 31.2 Å². The Labute approximate surface area is 184 Å².